The molecule has 0 bridgehead atoms. The molecule has 4 N–H and O–H groups in total. The van der Waals surface area contributed by atoms with Crippen molar-refractivity contribution in [1.29, 1.82) is 0 Å². The van der Waals surface area contributed by atoms with Gasteiger partial charge < -0.3 is 26.0 Å². The van der Waals surface area contributed by atoms with E-state index in [9.17, 15) is 19.2 Å². The third-order valence-electron chi connectivity index (χ3n) is 5.30. The number of anilines is 1. The number of amides is 4. The highest BCUT2D eigenvalue weighted by molar-refractivity contribution is 5.96. The van der Waals surface area contributed by atoms with E-state index in [1.54, 1.807) is 4.90 Å². The molecule has 0 saturated carbocycles. The van der Waals surface area contributed by atoms with Crippen LogP contribution in [0.2, 0.25) is 0 Å². The van der Waals surface area contributed by atoms with Crippen molar-refractivity contribution in [2.45, 2.75) is 18.5 Å². The number of rotatable bonds is 5. The Labute approximate surface area is 161 Å². The molecule has 28 heavy (non-hydrogen) atoms. The maximum atomic E-state index is 12.7. The Balaban J connectivity index is 1.60. The van der Waals surface area contributed by atoms with Crippen LogP contribution in [0.15, 0.2) is 24.3 Å². The summed E-state index contributed by atoms with van der Waals surface area (Å²) in [6, 6.07) is 4.84. The summed E-state index contributed by atoms with van der Waals surface area (Å²) >= 11 is 0. The zero-order valence-corrected chi connectivity index (χ0v) is 15.3. The van der Waals surface area contributed by atoms with Crippen LogP contribution in [0.3, 0.4) is 0 Å². The van der Waals surface area contributed by atoms with Gasteiger partial charge in [0.2, 0.25) is 12.3 Å². The number of benzene rings is 1. The first kappa shape index (κ1) is 19.6. The van der Waals surface area contributed by atoms with Crippen molar-refractivity contribution in [2.75, 3.05) is 38.0 Å². The lowest BCUT2D eigenvalue weighted by molar-refractivity contribution is -0.127. The second kappa shape index (κ2) is 8.26. The lowest BCUT2D eigenvalue weighted by Crippen LogP contribution is -2.53. The smallest absolute Gasteiger partial charge is 0.335 e. The first-order valence-corrected chi connectivity index (χ1v) is 9.02. The van der Waals surface area contributed by atoms with Crippen molar-refractivity contribution in [3.05, 3.63) is 29.8 Å². The number of carbonyl (C=O) groups excluding carboxylic acids is 3. The van der Waals surface area contributed by atoms with Crippen LogP contribution < -0.4 is 11.1 Å². The van der Waals surface area contributed by atoms with Crippen LogP contribution in [0.1, 0.15) is 16.8 Å². The van der Waals surface area contributed by atoms with Crippen LogP contribution in [0.25, 0.3) is 0 Å². The zero-order chi connectivity index (χ0) is 20.3. The molecular weight excluding hydrogens is 366 g/mol. The summed E-state index contributed by atoms with van der Waals surface area (Å²) in [5.74, 6) is -1.35. The molecule has 10 heteroatoms. The first-order valence-electron chi connectivity index (χ1n) is 9.02. The molecule has 2 fully saturated rings. The van der Waals surface area contributed by atoms with Gasteiger partial charge in [-0.1, -0.05) is 0 Å². The monoisotopic (exact) mass is 389 g/mol. The third-order valence-corrected chi connectivity index (χ3v) is 5.30. The lowest BCUT2D eigenvalue weighted by atomic mass is 10.1. The molecule has 1 aromatic rings. The van der Waals surface area contributed by atoms with Crippen LogP contribution >= 0.6 is 0 Å². The van der Waals surface area contributed by atoms with E-state index in [0.29, 0.717) is 51.2 Å². The van der Waals surface area contributed by atoms with Gasteiger partial charge in [-0.15, -0.1) is 0 Å². The number of aromatic carboxylic acids is 1. The van der Waals surface area contributed by atoms with E-state index in [4.69, 9.17) is 10.8 Å². The molecule has 2 unspecified atom stereocenters. The van der Waals surface area contributed by atoms with Crippen molar-refractivity contribution in [1.82, 2.24) is 14.7 Å². The summed E-state index contributed by atoms with van der Waals surface area (Å²) in [6.07, 6.45) is 1.17. The van der Waals surface area contributed by atoms with Gasteiger partial charge in [-0.2, -0.15) is 0 Å². The number of hydrogen-bond donors (Lipinski definition) is 3. The average molecular weight is 389 g/mol. The van der Waals surface area contributed by atoms with Gasteiger partial charge in [0.1, 0.15) is 6.04 Å². The Kier molecular flexibility index (Phi) is 5.78. The Morgan fingerprint density at radius 1 is 1.11 bits per heavy atom. The summed E-state index contributed by atoms with van der Waals surface area (Å²) < 4.78 is 0. The molecule has 0 spiro atoms. The average Bonchev–Trinajstić information content (AvgIpc) is 3.13. The normalized spacial score (nSPS) is 22.7. The number of urea groups is 1. The summed E-state index contributed by atoms with van der Waals surface area (Å²) in [4.78, 5) is 51.5. The number of nitrogens with two attached hydrogens (primary N) is 1. The minimum atomic E-state index is -1.04. The molecule has 2 aliphatic rings. The number of primary amides is 1. The van der Waals surface area contributed by atoms with Gasteiger partial charge in [-0.3, -0.25) is 14.5 Å². The van der Waals surface area contributed by atoms with Crippen molar-refractivity contribution < 1.29 is 24.3 Å². The highest BCUT2D eigenvalue weighted by Gasteiger charge is 2.39. The van der Waals surface area contributed by atoms with E-state index in [-0.39, 0.29) is 17.5 Å². The molecule has 2 saturated heterocycles. The molecule has 2 heterocycles. The Hall–Kier alpha value is -3.14. The van der Waals surface area contributed by atoms with Gasteiger partial charge in [-0.05, 0) is 30.7 Å². The number of nitrogens with one attached hydrogen (secondary N) is 1. The van der Waals surface area contributed by atoms with Crippen LogP contribution in [0.4, 0.5) is 10.5 Å². The number of likely N-dealkylation sites (tertiary alicyclic amines) is 1. The van der Waals surface area contributed by atoms with E-state index in [2.05, 4.69) is 10.2 Å². The quantitative estimate of drug-likeness (QED) is 0.587. The minimum absolute atomic E-state index is 0.0327. The van der Waals surface area contributed by atoms with Crippen LogP contribution in [-0.2, 0) is 9.59 Å². The number of carboxylic acids is 1. The second-order valence-electron chi connectivity index (χ2n) is 6.94. The minimum Gasteiger partial charge on any atom is -0.478 e. The van der Waals surface area contributed by atoms with Gasteiger partial charge in [0.25, 0.3) is 0 Å². The summed E-state index contributed by atoms with van der Waals surface area (Å²) in [6.45, 7) is 2.78. The van der Waals surface area contributed by atoms with E-state index in [1.807, 2.05) is 0 Å². The second-order valence-corrected chi connectivity index (χ2v) is 6.94. The number of hydrogen-bond acceptors (Lipinski definition) is 5. The fraction of sp³-hybridized carbons (Fsp3) is 0.444. The summed E-state index contributed by atoms with van der Waals surface area (Å²) in [5.41, 5.74) is 5.90. The molecule has 0 aliphatic carbocycles. The molecular formula is C18H23N5O5. The van der Waals surface area contributed by atoms with Gasteiger partial charge in [-0.25, -0.2) is 9.59 Å². The fourth-order valence-corrected chi connectivity index (χ4v) is 3.71. The predicted octanol–water partition coefficient (Wildman–Crippen LogP) is -0.381. The largest absolute Gasteiger partial charge is 0.478 e. The molecule has 1 aromatic carbocycles. The molecule has 3 rings (SSSR count). The van der Waals surface area contributed by atoms with Crippen LogP contribution in [-0.4, -0.2) is 88.9 Å². The van der Waals surface area contributed by atoms with Crippen LogP contribution in [0, 0.1) is 0 Å². The fourth-order valence-electron chi connectivity index (χ4n) is 3.71. The molecule has 150 valence electrons. The Morgan fingerprint density at radius 3 is 2.29 bits per heavy atom. The van der Waals surface area contributed by atoms with E-state index >= 15 is 0 Å². The first-order chi connectivity index (χ1) is 13.4. The van der Waals surface area contributed by atoms with Crippen molar-refractivity contribution >= 4 is 30.0 Å². The number of piperazine rings is 1. The predicted molar refractivity (Wildman–Crippen MR) is 99.7 cm³/mol. The molecule has 2 atom stereocenters. The Morgan fingerprint density at radius 2 is 1.75 bits per heavy atom. The third kappa shape index (κ3) is 4.22. The molecule has 0 aromatic heterocycles. The topological polar surface area (TPSA) is 136 Å². The van der Waals surface area contributed by atoms with Crippen molar-refractivity contribution in [3.8, 4) is 0 Å². The molecule has 2 aliphatic heterocycles. The Bertz CT molecular complexity index is 760. The highest BCUT2D eigenvalue weighted by Crippen LogP contribution is 2.23. The number of nitrogens with zero attached hydrogens (tertiary/aromatic N) is 3. The highest BCUT2D eigenvalue weighted by atomic mass is 16.4. The van der Waals surface area contributed by atoms with Crippen molar-refractivity contribution in [2.24, 2.45) is 5.73 Å². The molecule has 0 radical (unpaired) electrons. The van der Waals surface area contributed by atoms with Gasteiger partial charge in [0.15, 0.2) is 0 Å². The SMILES string of the molecule is NC(=O)N1CCN(C2CC(C(=O)Nc3ccc(C(=O)O)cc3)N(C=O)C2)CC1. The maximum absolute atomic E-state index is 12.7. The molecule has 4 amide bonds. The van der Waals surface area contributed by atoms with Gasteiger partial charge >= 0.3 is 12.0 Å². The van der Waals surface area contributed by atoms with Crippen molar-refractivity contribution in [3.63, 3.8) is 0 Å². The summed E-state index contributed by atoms with van der Waals surface area (Å²) in [5, 5.41) is 11.7. The summed E-state index contributed by atoms with van der Waals surface area (Å²) in [7, 11) is 0. The van der Waals surface area contributed by atoms with Gasteiger partial charge in [0.05, 0.1) is 5.56 Å². The lowest BCUT2D eigenvalue weighted by Gasteiger charge is -2.37. The standard InChI is InChI=1S/C18H23N5O5/c19-18(28)22-7-5-21(6-8-22)14-9-15(23(10-14)11-24)16(25)20-13-3-1-12(2-4-13)17(26)27/h1-4,11,14-15H,5-10H2,(H2,19,28)(H,20,25)(H,26,27). The zero-order valence-electron chi connectivity index (χ0n) is 15.3. The van der Waals surface area contributed by atoms with E-state index < -0.39 is 18.0 Å². The van der Waals surface area contributed by atoms with E-state index in [0.717, 1.165) is 0 Å². The maximum Gasteiger partial charge on any atom is 0.335 e. The van der Waals surface area contributed by atoms with Gasteiger partial charge in [0, 0.05) is 44.5 Å². The van der Waals surface area contributed by atoms with E-state index in [1.165, 1.54) is 29.2 Å². The number of carbonyl (C=O) groups is 4. The van der Waals surface area contributed by atoms with Crippen LogP contribution in [0.5, 0.6) is 0 Å². The number of carboxylic acid groups (broad SMARTS) is 1. The molecule has 10 nitrogen and oxygen atoms in total.